The number of esters is 4. The number of rotatable bonds is 84. The number of ether oxygens (including phenoxy) is 4. The first kappa shape index (κ1) is 105. The molecule has 0 rings (SSSR count). The van der Waals surface area contributed by atoms with Crippen molar-refractivity contribution < 1.29 is 80.2 Å². The van der Waals surface area contributed by atoms with Gasteiger partial charge in [0.25, 0.3) is 0 Å². The van der Waals surface area contributed by atoms with Gasteiger partial charge < -0.3 is 33.8 Å². The summed E-state index contributed by atoms with van der Waals surface area (Å²) in [6.45, 7) is 12.0. The summed E-state index contributed by atoms with van der Waals surface area (Å²) >= 11 is 0. The predicted molar refractivity (Wildman–Crippen MR) is 441 cm³/mol. The molecule has 0 bridgehead atoms. The van der Waals surface area contributed by atoms with Crippen LogP contribution in [0.4, 0.5) is 0 Å². The molecule has 0 aliphatic carbocycles. The monoisotopic (exact) mass is 1560 g/mol. The first-order valence-corrected chi connectivity index (χ1v) is 47.7. The summed E-state index contributed by atoms with van der Waals surface area (Å²) < 4.78 is 68.9. The molecule has 3 N–H and O–H groups in total. The van der Waals surface area contributed by atoms with Gasteiger partial charge in [0, 0.05) is 25.7 Å². The fraction of sp³-hybridized carbons (Fsp3) is 0.909. The van der Waals surface area contributed by atoms with E-state index < -0.39 is 97.5 Å². The molecule has 632 valence electrons. The third-order valence-corrected chi connectivity index (χ3v) is 22.6. The van der Waals surface area contributed by atoms with Crippen LogP contribution >= 0.6 is 15.6 Å². The number of aliphatic hydroxyl groups is 1. The highest BCUT2D eigenvalue weighted by atomic mass is 31.2. The second kappa shape index (κ2) is 77.5. The largest absolute Gasteiger partial charge is 0.472 e. The number of hydrogen-bond donors (Lipinski definition) is 3. The Morgan fingerprint density at radius 2 is 0.551 bits per heavy atom. The Morgan fingerprint density at radius 1 is 0.308 bits per heavy atom. The van der Waals surface area contributed by atoms with Crippen molar-refractivity contribution in [2.24, 2.45) is 17.8 Å². The van der Waals surface area contributed by atoms with Crippen molar-refractivity contribution in [2.45, 2.75) is 458 Å². The quantitative estimate of drug-likeness (QED) is 0.0169. The van der Waals surface area contributed by atoms with Crippen LogP contribution in [0.2, 0.25) is 0 Å². The van der Waals surface area contributed by atoms with E-state index in [0.717, 1.165) is 120 Å². The fourth-order valence-corrected chi connectivity index (χ4v) is 14.7. The Bertz CT molecular complexity index is 2160. The number of aliphatic hydroxyl groups excluding tert-OH is 1. The molecule has 0 fully saturated rings. The molecule has 4 unspecified atom stereocenters. The lowest BCUT2D eigenvalue weighted by Crippen LogP contribution is -2.30. The van der Waals surface area contributed by atoms with Crippen LogP contribution in [0.25, 0.3) is 0 Å². The van der Waals surface area contributed by atoms with E-state index in [1.807, 2.05) is 0 Å². The van der Waals surface area contributed by atoms with Gasteiger partial charge in [-0.15, -0.1) is 0 Å². The van der Waals surface area contributed by atoms with Crippen molar-refractivity contribution in [2.75, 3.05) is 39.6 Å². The number of carbonyl (C=O) groups is 4. The van der Waals surface area contributed by atoms with Crippen LogP contribution < -0.4 is 0 Å². The molecule has 107 heavy (non-hydrogen) atoms. The maximum absolute atomic E-state index is 13.2. The molecule has 0 heterocycles. The molecule has 0 saturated heterocycles. The Hall–Kier alpha value is -2.46. The van der Waals surface area contributed by atoms with Crippen molar-refractivity contribution in [3.8, 4) is 0 Å². The third-order valence-electron chi connectivity index (χ3n) is 20.7. The Morgan fingerprint density at radius 3 is 0.832 bits per heavy atom. The molecule has 0 spiro atoms. The van der Waals surface area contributed by atoms with Crippen LogP contribution in [-0.4, -0.2) is 96.7 Å². The predicted octanol–water partition coefficient (Wildman–Crippen LogP) is 26.4. The zero-order chi connectivity index (χ0) is 78.6. The van der Waals surface area contributed by atoms with E-state index >= 15 is 0 Å². The highest BCUT2D eigenvalue weighted by Gasteiger charge is 2.30. The van der Waals surface area contributed by atoms with Crippen LogP contribution in [0.15, 0.2) is 24.3 Å². The number of allylic oxidation sites excluding steroid dienone is 4. The molecule has 0 saturated carbocycles. The molecule has 0 aliphatic rings. The molecule has 0 amide bonds. The lowest BCUT2D eigenvalue weighted by molar-refractivity contribution is -0.161. The average Bonchev–Trinajstić information content (AvgIpc) is 0.902. The minimum Gasteiger partial charge on any atom is -0.462 e. The van der Waals surface area contributed by atoms with Gasteiger partial charge in [-0.25, -0.2) is 9.13 Å². The Balaban J connectivity index is 5.28. The summed E-state index contributed by atoms with van der Waals surface area (Å²) in [6, 6.07) is 0. The molecule has 0 aromatic carbocycles. The summed E-state index contributed by atoms with van der Waals surface area (Å²) in [4.78, 5) is 73.3. The second-order valence-electron chi connectivity index (χ2n) is 31.9. The number of phosphoric acid groups is 2. The highest BCUT2D eigenvalue weighted by molar-refractivity contribution is 7.47. The molecule has 0 radical (unpaired) electrons. The van der Waals surface area contributed by atoms with Crippen LogP contribution in [-0.2, 0) is 65.4 Å². The van der Waals surface area contributed by atoms with Crippen molar-refractivity contribution in [3.63, 3.8) is 0 Å². The topological polar surface area (TPSA) is 237 Å². The standard InChI is InChI=1S/C88H168O17P2/c1-8-11-12-13-14-15-16-17-22-30-35-42-50-57-64-71-87(92)105-84(76-99-86(91)70-63-56-49-44-37-38-45-52-59-66-79(4)5)78-103-107(96,97)101-74-82(89)73-100-106(94,95)102-77-83(75-98-85(90)69-62-55-48-41-34-29-26-25-28-33-40-47-54-61-68-81(7)10-3)104-88(93)72-65-58-51-43-36-31-24-21-19-18-20-23-27-32-39-46-53-60-67-80(6)9-2/h15-17,22,79-84,89H,8-14,18-21,23-78H2,1-7H3,(H,94,95)(H,96,97)/b16-15-,22-17-/t80?,81?,82-,83-,84-/m1/s1. The van der Waals surface area contributed by atoms with E-state index in [4.69, 9.17) is 37.0 Å². The number of phosphoric ester groups is 2. The van der Waals surface area contributed by atoms with Crippen molar-refractivity contribution >= 4 is 39.5 Å². The molecule has 19 heteroatoms. The summed E-state index contributed by atoms with van der Waals surface area (Å²) in [5.74, 6) is 0.327. The van der Waals surface area contributed by atoms with E-state index in [2.05, 4.69) is 72.8 Å². The molecular formula is C88H168O17P2. The van der Waals surface area contributed by atoms with Gasteiger partial charge in [0.1, 0.15) is 19.3 Å². The lowest BCUT2D eigenvalue weighted by atomic mass is 9.99. The fourth-order valence-electron chi connectivity index (χ4n) is 13.1. The molecule has 17 nitrogen and oxygen atoms in total. The van der Waals surface area contributed by atoms with Crippen LogP contribution in [0.1, 0.15) is 440 Å². The summed E-state index contributed by atoms with van der Waals surface area (Å²) in [5, 5.41) is 10.7. The zero-order valence-corrected chi connectivity index (χ0v) is 71.9. The van der Waals surface area contributed by atoms with Crippen molar-refractivity contribution in [1.29, 1.82) is 0 Å². The van der Waals surface area contributed by atoms with E-state index in [0.29, 0.717) is 25.7 Å². The zero-order valence-electron chi connectivity index (χ0n) is 70.1. The number of carbonyl (C=O) groups excluding carboxylic acids is 4. The first-order chi connectivity index (χ1) is 51.8. The Labute approximate surface area is 656 Å². The van der Waals surface area contributed by atoms with Crippen molar-refractivity contribution in [3.05, 3.63) is 24.3 Å². The highest BCUT2D eigenvalue weighted by Crippen LogP contribution is 2.45. The van der Waals surface area contributed by atoms with Gasteiger partial charge in [0.2, 0.25) is 0 Å². The van der Waals surface area contributed by atoms with E-state index in [9.17, 15) is 43.2 Å². The maximum Gasteiger partial charge on any atom is 0.472 e. The number of unbranched alkanes of at least 4 members (excludes halogenated alkanes) is 47. The molecule has 0 aromatic rings. The SMILES string of the molecule is CCCCCC/C=C\C=C/CCCCCCCC(=O)O[C@H](COC(=O)CCCCCCCCCCCC(C)C)COP(=O)(O)OC[C@H](O)COP(=O)(O)OC[C@@H](COC(=O)CCCCCCCCCCCCCCCCC(C)CC)OC(=O)CCCCCCCCCCCCCCCCCCCCC(C)CC. The summed E-state index contributed by atoms with van der Waals surface area (Å²) in [7, 11) is -9.94. The minimum atomic E-state index is -4.97. The molecule has 7 atom stereocenters. The minimum absolute atomic E-state index is 0.0847. The Kier molecular flexibility index (Phi) is 75.7. The van der Waals surface area contributed by atoms with Crippen LogP contribution in [0.5, 0.6) is 0 Å². The van der Waals surface area contributed by atoms with Crippen LogP contribution in [0, 0.1) is 17.8 Å². The van der Waals surface area contributed by atoms with Gasteiger partial charge in [-0.2, -0.15) is 0 Å². The van der Waals surface area contributed by atoms with Gasteiger partial charge in [-0.05, 0) is 69.1 Å². The smallest absolute Gasteiger partial charge is 0.462 e. The van der Waals surface area contributed by atoms with E-state index in [1.54, 1.807) is 0 Å². The summed E-state index contributed by atoms with van der Waals surface area (Å²) in [6.07, 6.45) is 71.5. The molecule has 0 aliphatic heterocycles. The van der Waals surface area contributed by atoms with Crippen molar-refractivity contribution in [1.82, 2.24) is 0 Å². The number of hydrogen-bond acceptors (Lipinski definition) is 15. The molecule has 0 aromatic heterocycles. The van der Waals surface area contributed by atoms with E-state index in [-0.39, 0.29) is 25.7 Å². The van der Waals surface area contributed by atoms with Gasteiger partial charge in [-0.3, -0.25) is 37.3 Å². The maximum atomic E-state index is 13.2. The second-order valence-corrected chi connectivity index (χ2v) is 34.8. The summed E-state index contributed by atoms with van der Waals surface area (Å²) in [5.41, 5.74) is 0. The third kappa shape index (κ3) is 78.6. The van der Waals surface area contributed by atoms with Gasteiger partial charge >= 0.3 is 39.5 Å². The normalized spacial score (nSPS) is 14.5. The van der Waals surface area contributed by atoms with E-state index in [1.165, 1.54) is 238 Å². The van der Waals surface area contributed by atoms with Gasteiger partial charge in [0.15, 0.2) is 12.2 Å². The van der Waals surface area contributed by atoms with Crippen LogP contribution in [0.3, 0.4) is 0 Å². The molecular weight excluding hydrogens is 1390 g/mol. The lowest BCUT2D eigenvalue weighted by Gasteiger charge is -2.21. The average molecular weight is 1560 g/mol. The first-order valence-electron chi connectivity index (χ1n) is 44.7. The van der Waals surface area contributed by atoms with Gasteiger partial charge in [0.05, 0.1) is 26.4 Å². The van der Waals surface area contributed by atoms with Gasteiger partial charge in [-0.1, -0.05) is 387 Å².